The number of aliphatic hydroxyl groups is 1. The zero-order valence-corrected chi connectivity index (χ0v) is 13.0. The summed E-state index contributed by atoms with van der Waals surface area (Å²) in [5.41, 5.74) is 0.446. The average molecular weight is 338 g/mol. The standard InChI is InChI=1S/C15H16ClN3O4/c16-10-3-1-2-9(6-10)14(22)18-4-5-19-12(7-18)13(21)17-11(8-20)15(19)23/h1-3,6,11-12,20H,4-5,7-8H2,(H,17,21)/t11-,12+/m0/s1. The third kappa shape index (κ3) is 2.89. The molecule has 2 atom stereocenters. The van der Waals surface area contributed by atoms with Crippen LogP contribution < -0.4 is 5.32 Å². The number of hydrogen-bond acceptors (Lipinski definition) is 4. The molecule has 0 saturated carbocycles. The Balaban J connectivity index is 1.76. The Bertz CT molecular complexity index is 666. The fourth-order valence-corrected chi connectivity index (χ4v) is 3.10. The number of amides is 3. The maximum Gasteiger partial charge on any atom is 0.254 e. The summed E-state index contributed by atoms with van der Waals surface area (Å²) in [5.74, 6) is -0.893. The van der Waals surface area contributed by atoms with E-state index < -0.39 is 18.7 Å². The van der Waals surface area contributed by atoms with Crippen molar-refractivity contribution < 1.29 is 19.5 Å². The highest BCUT2D eigenvalue weighted by atomic mass is 35.5. The molecule has 0 radical (unpaired) electrons. The summed E-state index contributed by atoms with van der Waals surface area (Å²) >= 11 is 5.90. The van der Waals surface area contributed by atoms with E-state index in [-0.39, 0.29) is 30.8 Å². The summed E-state index contributed by atoms with van der Waals surface area (Å²) in [6.45, 7) is 0.290. The molecule has 7 nitrogen and oxygen atoms in total. The van der Waals surface area contributed by atoms with Crippen LogP contribution in [0, 0.1) is 0 Å². The largest absolute Gasteiger partial charge is 0.394 e. The molecular weight excluding hydrogens is 322 g/mol. The van der Waals surface area contributed by atoms with E-state index >= 15 is 0 Å². The van der Waals surface area contributed by atoms with E-state index in [1.165, 1.54) is 4.90 Å². The second kappa shape index (κ2) is 6.17. The summed E-state index contributed by atoms with van der Waals surface area (Å²) in [5, 5.41) is 12.1. The summed E-state index contributed by atoms with van der Waals surface area (Å²) in [7, 11) is 0. The molecule has 2 N–H and O–H groups in total. The highest BCUT2D eigenvalue weighted by Gasteiger charge is 2.44. The number of benzene rings is 1. The smallest absolute Gasteiger partial charge is 0.254 e. The Morgan fingerprint density at radius 1 is 1.35 bits per heavy atom. The van der Waals surface area contributed by atoms with Gasteiger partial charge < -0.3 is 20.2 Å². The van der Waals surface area contributed by atoms with Gasteiger partial charge in [0.1, 0.15) is 12.1 Å². The minimum absolute atomic E-state index is 0.126. The molecule has 2 aliphatic rings. The van der Waals surface area contributed by atoms with Crippen molar-refractivity contribution in [2.45, 2.75) is 12.1 Å². The van der Waals surface area contributed by atoms with Crippen LogP contribution in [0.3, 0.4) is 0 Å². The van der Waals surface area contributed by atoms with Crippen LogP contribution in [0.25, 0.3) is 0 Å². The fourth-order valence-electron chi connectivity index (χ4n) is 2.91. The molecule has 3 rings (SSSR count). The summed E-state index contributed by atoms with van der Waals surface area (Å²) < 4.78 is 0. The van der Waals surface area contributed by atoms with Crippen LogP contribution in [0.5, 0.6) is 0 Å². The van der Waals surface area contributed by atoms with E-state index in [1.54, 1.807) is 29.2 Å². The molecule has 0 unspecified atom stereocenters. The second-order valence-corrected chi connectivity index (χ2v) is 5.99. The first-order valence-corrected chi connectivity index (χ1v) is 7.65. The number of piperazine rings is 2. The predicted octanol–water partition coefficient (Wildman–Crippen LogP) is -0.516. The number of hydrogen-bond donors (Lipinski definition) is 2. The van der Waals surface area contributed by atoms with E-state index in [4.69, 9.17) is 16.7 Å². The Hall–Kier alpha value is -2.12. The zero-order valence-electron chi connectivity index (χ0n) is 12.2. The van der Waals surface area contributed by atoms with Gasteiger partial charge in [0.2, 0.25) is 11.8 Å². The monoisotopic (exact) mass is 337 g/mol. The van der Waals surface area contributed by atoms with Gasteiger partial charge in [-0.2, -0.15) is 0 Å². The van der Waals surface area contributed by atoms with Crippen molar-refractivity contribution in [3.05, 3.63) is 34.9 Å². The summed E-state index contributed by atoms with van der Waals surface area (Å²) in [6, 6.07) is 4.99. The van der Waals surface area contributed by atoms with Gasteiger partial charge >= 0.3 is 0 Å². The lowest BCUT2D eigenvalue weighted by Gasteiger charge is -2.44. The second-order valence-electron chi connectivity index (χ2n) is 5.55. The Labute approximate surface area is 137 Å². The van der Waals surface area contributed by atoms with Crippen molar-refractivity contribution in [3.8, 4) is 0 Å². The van der Waals surface area contributed by atoms with Gasteiger partial charge in [0.05, 0.1) is 13.2 Å². The van der Waals surface area contributed by atoms with Crippen molar-refractivity contribution in [1.29, 1.82) is 0 Å². The molecule has 23 heavy (non-hydrogen) atoms. The van der Waals surface area contributed by atoms with Crippen molar-refractivity contribution in [2.24, 2.45) is 0 Å². The van der Waals surface area contributed by atoms with Gasteiger partial charge in [0.25, 0.3) is 5.91 Å². The van der Waals surface area contributed by atoms with Gasteiger partial charge in [0.15, 0.2) is 0 Å². The van der Waals surface area contributed by atoms with Crippen LogP contribution in [0.15, 0.2) is 24.3 Å². The van der Waals surface area contributed by atoms with Crippen molar-refractivity contribution in [2.75, 3.05) is 26.2 Å². The van der Waals surface area contributed by atoms with Gasteiger partial charge in [-0.25, -0.2) is 0 Å². The lowest BCUT2D eigenvalue weighted by Crippen LogP contribution is -2.70. The first-order valence-electron chi connectivity index (χ1n) is 7.28. The molecule has 0 bridgehead atoms. The van der Waals surface area contributed by atoms with Crippen LogP contribution in [0.4, 0.5) is 0 Å². The van der Waals surface area contributed by atoms with Gasteiger partial charge in [0, 0.05) is 23.7 Å². The van der Waals surface area contributed by atoms with Crippen molar-refractivity contribution in [1.82, 2.24) is 15.1 Å². The van der Waals surface area contributed by atoms with E-state index in [1.807, 2.05) is 0 Å². The Morgan fingerprint density at radius 3 is 2.83 bits per heavy atom. The maximum atomic E-state index is 12.5. The number of halogens is 1. The molecule has 0 aliphatic carbocycles. The van der Waals surface area contributed by atoms with Crippen LogP contribution in [-0.4, -0.2) is 71.0 Å². The summed E-state index contributed by atoms with van der Waals surface area (Å²) in [4.78, 5) is 39.8. The van der Waals surface area contributed by atoms with Crippen LogP contribution in [-0.2, 0) is 9.59 Å². The van der Waals surface area contributed by atoms with Gasteiger partial charge in [-0.15, -0.1) is 0 Å². The first kappa shape index (κ1) is 15.8. The highest BCUT2D eigenvalue weighted by Crippen LogP contribution is 2.19. The lowest BCUT2D eigenvalue weighted by atomic mass is 10.0. The van der Waals surface area contributed by atoms with Crippen LogP contribution in [0.2, 0.25) is 5.02 Å². The van der Waals surface area contributed by atoms with E-state index in [2.05, 4.69) is 5.32 Å². The number of carbonyl (C=O) groups is 3. The molecule has 2 saturated heterocycles. The quantitative estimate of drug-likeness (QED) is 0.760. The molecule has 122 valence electrons. The predicted molar refractivity (Wildman–Crippen MR) is 81.9 cm³/mol. The molecule has 3 amide bonds. The third-order valence-electron chi connectivity index (χ3n) is 4.12. The molecule has 8 heteroatoms. The van der Waals surface area contributed by atoms with Crippen LogP contribution >= 0.6 is 11.6 Å². The minimum atomic E-state index is -0.895. The topological polar surface area (TPSA) is 89.9 Å². The zero-order chi connectivity index (χ0) is 16.6. The molecule has 2 aliphatic heterocycles. The van der Waals surface area contributed by atoms with E-state index in [0.717, 1.165) is 0 Å². The van der Waals surface area contributed by atoms with Crippen LogP contribution in [0.1, 0.15) is 10.4 Å². The van der Waals surface area contributed by atoms with E-state index in [0.29, 0.717) is 17.1 Å². The summed E-state index contributed by atoms with van der Waals surface area (Å²) in [6.07, 6.45) is 0. The lowest BCUT2D eigenvalue weighted by molar-refractivity contribution is -0.153. The molecule has 0 aromatic heterocycles. The number of aliphatic hydroxyl groups excluding tert-OH is 1. The van der Waals surface area contributed by atoms with Crippen molar-refractivity contribution >= 4 is 29.3 Å². The van der Waals surface area contributed by atoms with Gasteiger partial charge in [-0.1, -0.05) is 17.7 Å². The molecular formula is C15H16ClN3O4. The number of nitrogens with one attached hydrogen (secondary N) is 1. The third-order valence-corrected chi connectivity index (χ3v) is 4.36. The Kier molecular flexibility index (Phi) is 4.23. The number of carbonyl (C=O) groups excluding carboxylic acids is 3. The minimum Gasteiger partial charge on any atom is -0.394 e. The van der Waals surface area contributed by atoms with Crippen molar-refractivity contribution in [3.63, 3.8) is 0 Å². The highest BCUT2D eigenvalue weighted by molar-refractivity contribution is 6.30. The molecule has 2 fully saturated rings. The average Bonchev–Trinajstić information content (AvgIpc) is 2.57. The number of fused-ring (bicyclic) bond motifs is 1. The first-order chi connectivity index (χ1) is 11.0. The van der Waals surface area contributed by atoms with Gasteiger partial charge in [-0.3, -0.25) is 14.4 Å². The van der Waals surface area contributed by atoms with E-state index in [9.17, 15) is 14.4 Å². The Morgan fingerprint density at radius 2 is 2.13 bits per heavy atom. The molecule has 0 spiro atoms. The molecule has 1 aromatic carbocycles. The number of rotatable bonds is 2. The number of nitrogens with zero attached hydrogens (tertiary/aromatic N) is 2. The SMILES string of the molecule is O=C1N[C@@H](CO)C(=O)N2CCN(C(=O)c3cccc(Cl)c3)C[C@H]12. The normalized spacial score (nSPS) is 24.3. The maximum absolute atomic E-state index is 12.5. The fraction of sp³-hybridized carbons (Fsp3) is 0.400. The molecule has 2 heterocycles. The molecule has 1 aromatic rings. The van der Waals surface area contributed by atoms with Gasteiger partial charge in [-0.05, 0) is 18.2 Å².